The number of halogens is 2. The minimum Gasteiger partial charge on any atom is -0.483 e. The van der Waals surface area contributed by atoms with Crippen molar-refractivity contribution < 1.29 is 37.0 Å². The molecule has 1 N–H and O–H groups in total. The molecule has 1 saturated heterocycles. The van der Waals surface area contributed by atoms with E-state index in [1.54, 1.807) is 4.90 Å². The number of aliphatic hydroxyl groups excluding tert-OH is 1. The molecule has 1 aliphatic heterocycles. The van der Waals surface area contributed by atoms with Gasteiger partial charge in [-0.15, -0.1) is 0 Å². The van der Waals surface area contributed by atoms with Gasteiger partial charge in [0.15, 0.2) is 16.6 Å². The zero-order chi connectivity index (χ0) is 42.0. The van der Waals surface area contributed by atoms with Crippen molar-refractivity contribution in [1.29, 1.82) is 0 Å². The van der Waals surface area contributed by atoms with E-state index in [1.807, 2.05) is 25.7 Å². The maximum atomic E-state index is 14.0. The molecule has 1 aromatic carbocycles. The van der Waals surface area contributed by atoms with E-state index in [9.17, 15) is 23.5 Å². The highest BCUT2D eigenvalue weighted by molar-refractivity contribution is 6.74. The molecular formula is C41H68F2N4O7Si2. The molecule has 316 valence electrons. The van der Waals surface area contributed by atoms with Crippen LogP contribution in [0.25, 0.3) is 5.69 Å². The number of amides is 1. The fraction of sp³-hybridized carbons (Fsp3) is 0.732. The number of aromatic nitrogens is 2. The van der Waals surface area contributed by atoms with Crippen molar-refractivity contribution in [3.05, 3.63) is 46.4 Å². The largest absolute Gasteiger partial charge is 0.483 e. The van der Waals surface area contributed by atoms with E-state index >= 15 is 0 Å². The number of anilines is 1. The van der Waals surface area contributed by atoms with Crippen LogP contribution in [0.2, 0.25) is 36.3 Å². The molecule has 15 heteroatoms. The number of piperazine rings is 1. The lowest BCUT2D eigenvalue weighted by atomic mass is 10.2. The van der Waals surface area contributed by atoms with E-state index in [1.165, 1.54) is 6.20 Å². The first-order valence-corrected chi connectivity index (χ1v) is 26.0. The summed E-state index contributed by atoms with van der Waals surface area (Å²) in [5.74, 6) is -1.56. The molecule has 3 aliphatic rings. The van der Waals surface area contributed by atoms with Crippen LogP contribution in [0.5, 0.6) is 5.75 Å². The van der Waals surface area contributed by atoms with E-state index in [4.69, 9.17) is 18.3 Å². The van der Waals surface area contributed by atoms with Crippen LogP contribution in [-0.2, 0) is 13.6 Å². The van der Waals surface area contributed by atoms with E-state index < -0.39 is 39.4 Å². The summed E-state index contributed by atoms with van der Waals surface area (Å²) in [5.41, 5.74) is -0.770. The molecule has 1 aromatic heterocycles. The second-order valence-electron chi connectivity index (χ2n) is 19.7. The van der Waals surface area contributed by atoms with Gasteiger partial charge in [-0.1, -0.05) is 41.5 Å². The number of nitrogens with zero attached hydrogens (tertiary/aromatic N) is 4. The number of carbonyl (C=O) groups is 1. The van der Waals surface area contributed by atoms with Crippen molar-refractivity contribution in [2.24, 2.45) is 0 Å². The molecule has 0 radical (unpaired) electrons. The van der Waals surface area contributed by atoms with Crippen LogP contribution in [0.3, 0.4) is 0 Å². The highest BCUT2D eigenvalue weighted by atomic mass is 28.4. The number of hydrogen-bond acceptors (Lipinski definition) is 9. The molecule has 0 spiro atoms. The van der Waals surface area contributed by atoms with Crippen LogP contribution in [0.15, 0.2) is 29.2 Å². The van der Waals surface area contributed by atoms with Crippen molar-refractivity contribution in [3.8, 4) is 11.4 Å². The first kappa shape index (κ1) is 45.8. The number of ether oxygens (including phenoxy) is 2. The zero-order valence-electron chi connectivity index (χ0n) is 36.1. The molecule has 2 aliphatic carbocycles. The number of benzene rings is 1. The van der Waals surface area contributed by atoms with E-state index in [2.05, 4.69) is 72.8 Å². The molecule has 2 saturated carbocycles. The highest BCUT2D eigenvalue weighted by Crippen LogP contribution is 2.41. The molecule has 2 aromatic rings. The SMILES string of the molecule is CC(C)(C)OC(=O)N1CCN(c2cnn(-c3cc(F)cc(F)c3)c(=O)c2O[C@H]2CC[C@@H](O[Si](C)(C)C(C)(C)C)C2)CC1.CC(C)(C)[Si](C)(C)O[C@@H]1CC[C@H](O)C1. The molecule has 11 nitrogen and oxygen atoms in total. The maximum Gasteiger partial charge on any atom is 0.410 e. The zero-order valence-corrected chi connectivity index (χ0v) is 38.1. The van der Waals surface area contributed by atoms with Crippen molar-refractivity contribution in [2.75, 3.05) is 31.1 Å². The van der Waals surface area contributed by atoms with Gasteiger partial charge >= 0.3 is 11.7 Å². The molecule has 3 fully saturated rings. The molecular weight excluding hydrogens is 755 g/mol. The van der Waals surface area contributed by atoms with Crippen molar-refractivity contribution in [3.63, 3.8) is 0 Å². The highest BCUT2D eigenvalue weighted by Gasteiger charge is 2.42. The maximum absolute atomic E-state index is 14.0. The van der Waals surface area contributed by atoms with Crippen molar-refractivity contribution >= 4 is 28.4 Å². The first-order valence-electron chi connectivity index (χ1n) is 20.2. The van der Waals surface area contributed by atoms with Gasteiger partial charge in [0.25, 0.3) is 0 Å². The van der Waals surface area contributed by atoms with Gasteiger partial charge in [0.2, 0.25) is 5.75 Å². The van der Waals surface area contributed by atoms with Gasteiger partial charge in [-0.2, -0.15) is 9.78 Å². The molecule has 4 atom stereocenters. The van der Waals surface area contributed by atoms with Crippen LogP contribution < -0.4 is 15.2 Å². The van der Waals surface area contributed by atoms with Crippen LogP contribution in [0.4, 0.5) is 19.3 Å². The molecule has 2 heterocycles. The van der Waals surface area contributed by atoms with E-state index in [0.29, 0.717) is 50.8 Å². The van der Waals surface area contributed by atoms with E-state index in [0.717, 1.165) is 48.6 Å². The number of rotatable bonds is 8. The second kappa shape index (κ2) is 17.6. The lowest BCUT2D eigenvalue weighted by Gasteiger charge is -2.38. The molecule has 1 amide bonds. The second-order valence-corrected chi connectivity index (χ2v) is 29.2. The van der Waals surface area contributed by atoms with Gasteiger partial charge in [0, 0.05) is 50.9 Å². The normalized spacial score (nSPS) is 22.5. The Morgan fingerprint density at radius 1 is 0.768 bits per heavy atom. The summed E-state index contributed by atoms with van der Waals surface area (Å²) in [7, 11) is -3.60. The fourth-order valence-corrected chi connectivity index (χ4v) is 9.36. The standard InChI is InChI=1S/C30H44F2N4O5Si.C11H24O2Si/c1-29(2,3)40-28(38)35-13-11-34(12-14-35)25-19-33-36(22-16-20(31)15-21(32)17-22)27(37)26(25)39-23-9-10-24(18-23)41-42(7,8)30(4,5)6;1-11(2,3)14(4,5)13-10-7-6-9(12)8-10/h15-17,19,23-24H,9-14,18H2,1-8H3;9-10,12H,6-8H2,1-5H3/t23-,24+;9-,10+/m00/s1. The number of hydrogen-bond donors (Lipinski definition) is 1. The van der Waals surface area contributed by atoms with Gasteiger partial charge in [-0.25, -0.2) is 13.6 Å². The fourth-order valence-electron chi connectivity index (χ4n) is 6.56. The van der Waals surface area contributed by atoms with Gasteiger partial charge in [-0.3, -0.25) is 4.79 Å². The van der Waals surface area contributed by atoms with Gasteiger partial charge < -0.3 is 33.2 Å². The Balaban J connectivity index is 0.000000419. The summed E-state index contributed by atoms with van der Waals surface area (Å²) >= 11 is 0. The summed E-state index contributed by atoms with van der Waals surface area (Å²) in [6.45, 7) is 29.4. The minimum absolute atomic E-state index is 0.0260. The predicted octanol–water partition coefficient (Wildman–Crippen LogP) is 8.81. The monoisotopic (exact) mass is 822 g/mol. The molecule has 5 rings (SSSR count). The summed E-state index contributed by atoms with van der Waals surface area (Å²) in [6.07, 6.45) is 5.99. The summed E-state index contributed by atoms with van der Waals surface area (Å²) in [5, 5.41) is 14.0. The Morgan fingerprint density at radius 2 is 1.27 bits per heavy atom. The van der Waals surface area contributed by atoms with Gasteiger partial charge in [-0.05, 0) is 101 Å². The molecule has 56 heavy (non-hydrogen) atoms. The van der Waals surface area contributed by atoms with Crippen molar-refractivity contribution in [1.82, 2.24) is 14.7 Å². The van der Waals surface area contributed by atoms with Gasteiger partial charge in [0.1, 0.15) is 29.0 Å². The quantitative estimate of drug-likeness (QED) is 0.261. The summed E-state index contributed by atoms with van der Waals surface area (Å²) < 4.78 is 53.8. The third-order valence-electron chi connectivity index (χ3n) is 11.8. The van der Waals surface area contributed by atoms with Crippen LogP contribution in [0, 0.1) is 11.6 Å². The Labute approximate surface area is 335 Å². The van der Waals surface area contributed by atoms with Crippen LogP contribution >= 0.6 is 0 Å². The summed E-state index contributed by atoms with van der Waals surface area (Å²) in [6, 6.07) is 2.85. The van der Waals surface area contributed by atoms with Crippen LogP contribution in [0.1, 0.15) is 101 Å². The first-order chi connectivity index (χ1) is 25.7. The molecule has 0 unspecified atom stereocenters. The average Bonchev–Trinajstić information content (AvgIpc) is 3.66. The van der Waals surface area contributed by atoms with Crippen LogP contribution in [-0.4, -0.2) is 98.7 Å². The Hall–Kier alpha value is -2.86. The Bertz CT molecular complexity index is 1690. The third-order valence-corrected chi connectivity index (χ3v) is 20.9. The molecule has 0 bridgehead atoms. The summed E-state index contributed by atoms with van der Waals surface area (Å²) in [4.78, 5) is 30.0. The van der Waals surface area contributed by atoms with Crippen molar-refractivity contribution in [2.45, 2.75) is 167 Å². The predicted molar refractivity (Wildman–Crippen MR) is 222 cm³/mol. The minimum atomic E-state index is -1.99. The topological polar surface area (TPSA) is 116 Å². The Kier molecular flexibility index (Phi) is 14.4. The lowest BCUT2D eigenvalue weighted by molar-refractivity contribution is 0.0240. The number of aliphatic hydroxyl groups is 1. The smallest absolute Gasteiger partial charge is 0.410 e. The third kappa shape index (κ3) is 12.1. The Morgan fingerprint density at radius 3 is 1.75 bits per heavy atom. The number of carbonyl (C=O) groups excluding carboxylic acids is 1. The van der Waals surface area contributed by atoms with Gasteiger partial charge in [0.05, 0.1) is 18.0 Å². The lowest BCUT2D eigenvalue weighted by Crippen LogP contribution is -2.50. The van der Waals surface area contributed by atoms with E-state index in [-0.39, 0.29) is 45.9 Å². The average molecular weight is 823 g/mol.